The Morgan fingerprint density at radius 2 is 2.44 bits per heavy atom. The molecule has 2 atom stereocenters. The Labute approximate surface area is 96.4 Å². The summed E-state index contributed by atoms with van der Waals surface area (Å²) in [5.41, 5.74) is 7.00. The lowest BCUT2D eigenvalue weighted by Crippen LogP contribution is -2.41. The number of hydrogen-bond donors (Lipinski definition) is 1. The lowest BCUT2D eigenvalue weighted by atomic mass is 10.1. The molecule has 2 rings (SSSR count). The van der Waals surface area contributed by atoms with Gasteiger partial charge in [0.2, 0.25) is 0 Å². The van der Waals surface area contributed by atoms with Crippen LogP contribution in [0, 0.1) is 0 Å². The maximum atomic E-state index is 5.87. The van der Waals surface area contributed by atoms with E-state index in [0.29, 0.717) is 0 Å². The van der Waals surface area contributed by atoms with Crippen LogP contribution in [0.3, 0.4) is 0 Å². The molecule has 0 bridgehead atoms. The SMILES string of the molecule is CC1CN(c2cc([C@H](C)N)ccn2)CCO1. The van der Waals surface area contributed by atoms with Crippen LogP contribution in [0.5, 0.6) is 0 Å². The average molecular weight is 221 g/mol. The maximum absolute atomic E-state index is 5.87. The van der Waals surface area contributed by atoms with Gasteiger partial charge >= 0.3 is 0 Å². The topological polar surface area (TPSA) is 51.4 Å². The molecule has 0 amide bonds. The van der Waals surface area contributed by atoms with Crippen LogP contribution in [0.2, 0.25) is 0 Å². The summed E-state index contributed by atoms with van der Waals surface area (Å²) in [6, 6.07) is 4.10. The van der Waals surface area contributed by atoms with Gasteiger partial charge in [-0.1, -0.05) is 0 Å². The van der Waals surface area contributed by atoms with Gasteiger partial charge in [0.05, 0.1) is 12.7 Å². The van der Waals surface area contributed by atoms with Crippen molar-refractivity contribution in [3.05, 3.63) is 23.9 Å². The fourth-order valence-electron chi connectivity index (χ4n) is 1.92. The summed E-state index contributed by atoms with van der Waals surface area (Å²) in [6.07, 6.45) is 2.10. The van der Waals surface area contributed by atoms with E-state index < -0.39 is 0 Å². The minimum Gasteiger partial charge on any atom is -0.375 e. The third-order valence-electron chi connectivity index (χ3n) is 2.86. The second kappa shape index (κ2) is 4.80. The van der Waals surface area contributed by atoms with Crippen molar-refractivity contribution in [1.29, 1.82) is 0 Å². The van der Waals surface area contributed by atoms with Gasteiger partial charge in [-0.25, -0.2) is 4.98 Å². The smallest absolute Gasteiger partial charge is 0.128 e. The molecule has 0 radical (unpaired) electrons. The van der Waals surface area contributed by atoms with E-state index in [2.05, 4.69) is 22.9 Å². The molecule has 0 aliphatic carbocycles. The Bertz CT molecular complexity index is 354. The maximum Gasteiger partial charge on any atom is 0.128 e. The molecule has 1 aromatic rings. The molecule has 2 heterocycles. The molecule has 1 aliphatic rings. The van der Waals surface area contributed by atoms with Crippen molar-refractivity contribution in [3.63, 3.8) is 0 Å². The van der Waals surface area contributed by atoms with E-state index in [-0.39, 0.29) is 12.1 Å². The molecular formula is C12H19N3O. The first-order chi connectivity index (χ1) is 7.66. The predicted molar refractivity (Wildman–Crippen MR) is 64.5 cm³/mol. The lowest BCUT2D eigenvalue weighted by Gasteiger charge is -2.32. The minimum absolute atomic E-state index is 0.0558. The van der Waals surface area contributed by atoms with Crippen molar-refractivity contribution in [1.82, 2.24) is 4.98 Å². The highest BCUT2D eigenvalue weighted by atomic mass is 16.5. The monoisotopic (exact) mass is 221 g/mol. The molecule has 0 spiro atoms. The molecule has 4 nitrogen and oxygen atoms in total. The molecule has 88 valence electrons. The third kappa shape index (κ3) is 2.51. The first-order valence-corrected chi connectivity index (χ1v) is 5.75. The van der Waals surface area contributed by atoms with Gasteiger partial charge < -0.3 is 15.4 Å². The van der Waals surface area contributed by atoms with E-state index in [0.717, 1.165) is 31.1 Å². The number of ether oxygens (including phenoxy) is 1. The van der Waals surface area contributed by atoms with Gasteiger partial charge in [-0.05, 0) is 31.5 Å². The Balaban J connectivity index is 2.16. The number of rotatable bonds is 2. The van der Waals surface area contributed by atoms with Crippen LogP contribution in [-0.4, -0.2) is 30.8 Å². The molecule has 1 saturated heterocycles. The van der Waals surface area contributed by atoms with E-state index in [1.165, 1.54) is 0 Å². The predicted octanol–water partition coefficient (Wildman–Crippen LogP) is 1.33. The largest absolute Gasteiger partial charge is 0.375 e. The molecule has 1 aliphatic heterocycles. The van der Waals surface area contributed by atoms with Crippen LogP contribution >= 0.6 is 0 Å². The first-order valence-electron chi connectivity index (χ1n) is 5.75. The van der Waals surface area contributed by atoms with Gasteiger partial charge in [0.15, 0.2) is 0 Å². The minimum atomic E-state index is 0.0558. The van der Waals surface area contributed by atoms with Crippen molar-refractivity contribution < 1.29 is 4.74 Å². The number of morpholine rings is 1. The standard InChI is InChI=1S/C12H19N3O/c1-9-8-15(5-6-16-9)12-7-11(10(2)13)3-4-14-12/h3-4,7,9-10H,5-6,8,13H2,1-2H3/t9?,10-/m0/s1. The van der Waals surface area contributed by atoms with Gasteiger partial charge in [-0.15, -0.1) is 0 Å². The summed E-state index contributed by atoms with van der Waals surface area (Å²) in [5, 5.41) is 0. The van der Waals surface area contributed by atoms with Crippen LogP contribution in [0.15, 0.2) is 18.3 Å². The second-order valence-corrected chi connectivity index (χ2v) is 4.36. The number of hydrogen-bond acceptors (Lipinski definition) is 4. The fourth-order valence-corrected chi connectivity index (χ4v) is 1.92. The normalized spacial score (nSPS) is 23.2. The highest BCUT2D eigenvalue weighted by molar-refractivity contribution is 5.42. The zero-order valence-corrected chi connectivity index (χ0v) is 9.89. The van der Waals surface area contributed by atoms with E-state index in [9.17, 15) is 0 Å². The van der Waals surface area contributed by atoms with E-state index in [4.69, 9.17) is 10.5 Å². The quantitative estimate of drug-likeness (QED) is 0.818. The summed E-state index contributed by atoms with van der Waals surface area (Å²) >= 11 is 0. The molecule has 0 saturated carbocycles. The molecule has 2 N–H and O–H groups in total. The Hall–Kier alpha value is -1.13. The number of anilines is 1. The number of pyridine rings is 1. The Kier molecular flexibility index (Phi) is 3.41. The van der Waals surface area contributed by atoms with E-state index in [1.54, 1.807) is 0 Å². The molecule has 1 unspecified atom stereocenters. The number of nitrogens with zero attached hydrogens (tertiary/aromatic N) is 2. The Morgan fingerprint density at radius 3 is 3.12 bits per heavy atom. The lowest BCUT2D eigenvalue weighted by molar-refractivity contribution is 0.0529. The van der Waals surface area contributed by atoms with Crippen LogP contribution in [0.25, 0.3) is 0 Å². The first kappa shape index (κ1) is 11.4. The zero-order chi connectivity index (χ0) is 11.5. The van der Waals surface area contributed by atoms with Gasteiger partial charge in [0.25, 0.3) is 0 Å². The summed E-state index contributed by atoms with van der Waals surface area (Å²) in [6.45, 7) is 6.64. The summed E-state index contributed by atoms with van der Waals surface area (Å²) < 4.78 is 5.51. The van der Waals surface area contributed by atoms with Crippen LogP contribution in [0.1, 0.15) is 25.5 Å². The second-order valence-electron chi connectivity index (χ2n) is 4.36. The van der Waals surface area contributed by atoms with E-state index in [1.807, 2.05) is 19.2 Å². The molecule has 16 heavy (non-hydrogen) atoms. The van der Waals surface area contributed by atoms with Crippen LogP contribution < -0.4 is 10.6 Å². The van der Waals surface area contributed by atoms with Crippen molar-refractivity contribution >= 4 is 5.82 Å². The highest BCUT2D eigenvalue weighted by Crippen LogP contribution is 2.18. The summed E-state index contributed by atoms with van der Waals surface area (Å²) in [7, 11) is 0. The molecule has 1 aromatic heterocycles. The van der Waals surface area contributed by atoms with Crippen molar-refractivity contribution in [2.45, 2.75) is 26.0 Å². The zero-order valence-electron chi connectivity index (χ0n) is 9.89. The molecule has 4 heteroatoms. The number of nitrogens with two attached hydrogens (primary N) is 1. The van der Waals surface area contributed by atoms with Crippen molar-refractivity contribution in [2.75, 3.05) is 24.6 Å². The van der Waals surface area contributed by atoms with Gasteiger partial charge in [-0.3, -0.25) is 0 Å². The summed E-state index contributed by atoms with van der Waals surface area (Å²) in [4.78, 5) is 6.64. The molecular weight excluding hydrogens is 202 g/mol. The van der Waals surface area contributed by atoms with Crippen molar-refractivity contribution in [2.24, 2.45) is 5.73 Å². The third-order valence-corrected chi connectivity index (χ3v) is 2.86. The highest BCUT2D eigenvalue weighted by Gasteiger charge is 2.18. The van der Waals surface area contributed by atoms with Crippen LogP contribution in [0.4, 0.5) is 5.82 Å². The molecule has 0 aromatic carbocycles. The van der Waals surface area contributed by atoms with Gasteiger partial charge in [0.1, 0.15) is 5.82 Å². The van der Waals surface area contributed by atoms with Crippen molar-refractivity contribution in [3.8, 4) is 0 Å². The van der Waals surface area contributed by atoms with Gasteiger partial charge in [-0.2, -0.15) is 0 Å². The fraction of sp³-hybridized carbons (Fsp3) is 0.583. The Morgan fingerprint density at radius 1 is 1.62 bits per heavy atom. The van der Waals surface area contributed by atoms with E-state index >= 15 is 0 Å². The summed E-state index contributed by atoms with van der Waals surface area (Å²) in [5.74, 6) is 1.00. The average Bonchev–Trinajstić information content (AvgIpc) is 2.29. The molecule has 1 fully saturated rings. The number of aromatic nitrogens is 1. The van der Waals surface area contributed by atoms with Gasteiger partial charge in [0, 0.05) is 25.3 Å². The van der Waals surface area contributed by atoms with Crippen LogP contribution in [-0.2, 0) is 4.74 Å².